The molecule has 0 saturated carbocycles. The van der Waals surface area contributed by atoms with Crippen LogP contribution in [0.3, 0.4) is 0 Å². The van der Waals surface area contributed by atoms with Gasteiger partial charge in [0, 0.05) is 26.2 Å². The van der Waals surface area contributed by atoms with Crippen molar-refractivity contribution in [2.24, 2.45) is 0 Å². The molecule has 0 unspecified atom stereocenters. The zero-order chi connectivity index (χ0) is 19.3. The van der Waals surface area contributed by atoms with E-state index in [1.165, 1.54) is 34.7 Å². The molecule has 1 aliphatic heterocycles. The number of rotatable bonds is 7. The number of fused-ring (bicyclic) bond motifs is 1. The van der Waals surface area contributed by atoms with E-state index in [0.717, 1.165) is 44.0 Å². The average Bonchev–Trinajstić information content (AvgIpc) is 3.36. The molecule has 10 heteroatoms. The molecule has 0 spiro atoms. The maximum absolute atomic E-state index is 14.1. The van der Waals surface area contributed by atoms with Gasteiger partial charge in [0.25, 0.3) is 5.91 Å². The molecule has 8 nitrogen and oxygen atoms in total. The van der Waals surface area contributed by atoms with Crippen LogP contribution in [0.15, 0.2) is 30.9 Å². The molecule has 3 aromatic rings. The van der Waals surface area contributed by atoms with Gasteiger partial charge in [0.1, 0.15) is 30.5 Å². The van der Waals surface area contributed by atoms with Gasteiger partial charge in [0.2, 0.25) is 0 Å². The van der Waals surface area contributed by atoms with Crippen LogP contribution >= 0.6 is 11.3 Å². The number of nitrogens with zero attached hydrogens (tertiary/aromatic N) is 6. The maximum Gasteiger partial charge on any atom is 0.250 e. The van der Waals surface area contributed by atoms with Gasteiger partial charge in [-0.1, -0.05) is 17.4 Å². The van der Waals surface area contributed by atoms with E-state index in [4.69, 9.17) is 4.74 Å². The Morgan fingerprint density at radius 1 is 1.32 bits per heavy atom. The number of anilines is 1. The van der Waals surface area contributed by atoms with Crippen LogP contribution in [-0.2, 0) is 16.1 Å². The fourth-order valence-corrected chi connectivity index (χ4v) is 4.18. The lowest BCUT2D eigenvalue weighted by atomic mass is 10.3. The van der Waals surface area contributed by atoms with Crippen LogP contribution in [-0.4, -0.2) is 69.9 Å². The van der Waals surface area contributed by atoms with Gasteiger partial charge in [-0.2, -0.15) is 5.10 Å². The predicted octanol–water partition coefficient (Wildman–Crippen LogP) is 1.78. The van der Waals surface area contributed by atoms with Crippen molar-refractivity contribution in [3.8, 4) is 0 Å². The van der Waals surface area contributed by atoms with Gasteiger partial charge in [-0.05, 0) is 18.6 Å². The number of thiazole rings is 1. The van der Waals surface area contributed by atoms with E-state index in [9.17, 15) is 9.18 Å². The zero-order valence-corrected chi connectivity index (χ0v) is 16.1. The van der Waals surface area contributed by atoms with Crippen LogP contribution in [0.4, 0.5) is 9.52 Å². The molecule has 0 atom stereocenters. The summed E-state index contributed by atoms with van der Waals surface area (Å²) >= 11 is 1.32. The second-order valence-electron chi connectivity index (χ2n) is 6.53. The van der Waals surface area contributed by atoms with Crippen molar-refractivity contribution in [3.63, 3.8) is 0 Å². The smallest absolute Gasteiger partial charge is 0.250 e. The van der Waals surface area contributed by atoms with E-state index in [1.807, 2.05) is 6.07 Å². The highest BCUT2D eigenvalue weighted by Gasteiger charge is 2.22. The maximum atomic E-state index is 14.1. The summed E-state index contributed by atoms with van der Waals surface area (Å²) in [6, 6.07) is 4.85. The molecule has 0 bridgehead atoms. The fourth-order valence-electron chi connectivity index (χ4n) is 3.16. The number of halogens is 1. The van der Waals surface area contributed by atoms with E-state index < -0.39 is 0 Å². The van der Waals surface area contributed by atoms with Crippen molar-refractivity contribution in [2.45, 2.75) is 13.0 Å². The summed E-state index contributed by atoms with van der Waals surface area (Å²) in [5.41, 5.74) is 0.300. The minimum Gasteiger partial charge on any atom is -0.379 e. The molecular formula is C18H21FN6O2S. The molecule has 0 N–H and O–H groups in total. The van der Waals surface area contributed by atoms with Crippen molar-refractivity contribution in [3.05, 3.63) is 36.7 Å². The first kappa shape index (κ1) is 18.9. The normalized spacial score (nSPS) is 15.2. The van der Waals surface area contributed by atoms with E-state index in [0.29, 0.717) is 17.2 Å². The molecule has 148 valence electrons. The highest BCUT2D eigenvalue weighted by molar-refractivity contribution is 7.22. The highest BCUT2D eigenvalue weighted by Crippen LogP contribution is 2.30. The molecule has 0 aliphatic carbocycles. The monoisotopic (exact) mass is 404 g/mol. The summed E-state index contributed by atoms with van der Waals surface area (Å²) in [6.45, 7) is 4.73. The number of morpholine rings is 1. The van der Waals surface area contributed by atoms with E-state index in [1.54, 1.807) is 11.0 Å². The minimum absolute atomic E-state index is 0.0654. The summed E-state index contributed by atoms with van der Waals surface area (Å²) in [7, 11) is 0. The number of carbonyl (C=O) groups is 1. The second kappa shape index (κ2) is 8.72. The Bertz CT molecular complexity index is 925. The van der Waals surface area contributed by atoms with Crippen LogP contribution < -0.4 is 4.90 Å². The third kappa shape index (κ3) is 4.34. The highest BCUT2D eigenvalue weighted by atomic mass is 32.1. The molecular weight excluding hydrogens is 383 g/mol. The molecule has 3 heterocycles. The lowest BCUT2D eigenvalue weighted by Gasteiger charge is -2.27. The van der Waals surface area contributed by atoms with Crippen LogP contribution in [0.25, 0.3) is 10.2 Å². The van der Waals surface area contributed by atoms with Crippen LogP contribution in [0.1, 0.15) is 6.42 Å². The largest absolute Gasteiger partial charge is 0.379 e. The molecule has 1 aromatic carbocycles. The number of carbonyl (C=O) groups excluding carboxylic acids is 1. The van der Waals surface area contributed by atoms with Crippen LogP contribution in [0.5, 0.6) is 0 Å². The Labute approximate surface area is 165 Å². The Hall–Kier alpha value is -2.43. The van der Waals surface area contributed by atoms with Gasteiger partial charge < -0.3 is 4.74 Å². The summed E-state index contributed by atoms with van der Waals surface area (Å²) < 4.78 is 21.6. The first-order chi connectivity index (χ1) is 13.7. The van der Waals surface area contributed by atoms with Gasteiger partial charge in [-0.25, -0.2) is 19.0 Å². The van der Waals surface area contributed by atoms with Gasteiger partial charge in [-0.3, -0.25) is 14.6 Å². The number of aromatic nitrogens is 4. The van der Waals surface area contributed by atoms with Crippen molar-refractivity contribution < 1.29 is 13.9 Å². The zero-order valence-electron chi connectivity index (χ0n) is 15.3. The summed E-state index contributed by atoms with van der Waals surface area (Å²) in [4.78, 5) is 25.2. The van der Waals surface area contributed by atoms with Gasteiger partial charge in [0.15, 0.2) is 5.13 Å². The fraction of sp³-hybridized carbons (Fsp3) is 0.444. The standard InChI is InChI=1S/C18H21FN6O2S/c19-14-3-1-4-15-17(14)22-18(28-15)25(16(26)11-24-13-20-12-21-24)6-2-5-23-7-9-27-10-8-23/h1,3-4,12-13H,2,5-11H2. The van der Waals surface area contributed by atoms with Gasteiger partial charge in [-0.15, -0.1) is 0 Å². The van der Waals surface area contributed by atoms with Crippen LogP contribution in [0, 0.1) is 5.82 Å². The molecule has 1 amide bonds. The van der Waals surface area contributed by atoms with Crippen molar-refractivity contribution in [2.75, 3.05) is 44.3 Å². The minimum atomic E-state index is -0.378. The Morgan fingerprint density at radius 2 is 2.18 bits per heavy atom. The Balaban J connectivity index is 1.51. The number of hydrogen-bond donors (Lipinski definition) is 0. The van der Waals surface area contributed by atoms with Crippen molar-refractivity contribution in [1.82, 2.24) is 24.6 Å². The molecule has 0 radical (unpaired) electrons. The lowest BCUT2D eigenvalue weighted by Crippen LogP contribution is -2.40. The summed E-state index contributed by atoms with van der Waals surface area (Å²) in [5.74, 6) is -0.524. The number of ether oxygens (including phenoxy) is 1. The third-order valence-electron chi connectivity index (χ3n) is 4.61. The van der Waals surface area contributed by atoms with E-state index >= 15 is 0 Å². The molecule has 1 saturated heterocycles. The van der Waals surface area contributed by atoms with Crippen molar-refractivity contribution in [1.29, 1.82) is 0 Å². The number of amides is 1. The van der Waals surface area contributed by atoms with E-state index in [2.05, 4.69) is 20.0 Å². The predicted molar refractivity (Wildman–Crippen MR) is 104 cm³/mol. The van der Waals surface area contributed by atoms with E-state index in [-0.39, 0.29) is 18.3 Å². The number of para-hydroxylation sites is 1. The molecule has 4 rings (SSSR count). The number of hydrogen-bond acceptors (Lipinski definition) is 7. The SMILES string of the molecule is O=C(Cn1cncn1)N(CCCN1CCOCC1)c1nc2c(F)cccc2s1. The first-order valence-corrected chi connectivity index (χ1v) is 10.0. The second-order valence-corrected chi connectivity index (χ2v) is 7.54. The summed E-state index contributed by atoms with van der Waals surface area (Å²) in [5, 5.41) is 4.51. The van der Waals surface area contributed by atoms with Crippen LogP contribution in [0.2, 0.25) is 0 Å². The topological polar surface area (TPSA) is 76.4 Å². The van der Waals surface area contributed by atoms with Gasteiger partial charge >= 0.3 is 0 Å². The first-order valence-electron chi connectivity index (χ1n) is 9.18. The quantitative estimate of drug-likeness (QED) is 0.598. The van der Waals surface area contributed by atoms with Crippen molar-refractivity contribution >= 4 is 32.6 Å². The summed E-state index contributed by atoms with van der Waals surface area (Å²) in [6.07, 6.45) is 3.69. The lowest BCUT2D eigenvalue weighted by molar-refractivity contribution is -0.119. The third-order valence-corrected chi connectivity index (χ3v) is 5.66. The number of benzene rings is 1. The molecule has 1 aliphatic rings. The Morgan fingerprint density at radius 3 is 2.93 bits per heavy atom. The average molecular weight is 404 g/mol. The molecule has 28 heavy (non-hydrogen) atoms. The molecule has 2 aromatic heterocycles. The van der Waals surface area contributed by atoms with Gasteiger partial charge in [0.05, 0.1) is 17.9 Å². The molecule has 1 fully saturated rings. The Kier molecular flexibility index (Phi) is 5.89.